The fraction of sp³-hybridized carbons (Fsp3) is 0.417. The Morgan fingerprint density at radius 2 is 2.26 bits per heavy atom. The molecule has 0 aliphatic heterocycles. The highest BCUT2D eigenvalue weighted by molar-refractivity contribution is 14.1. The van der Waals surface area contributed by atoms with Crippen molar-refractivity contribution in [2.75, 3.05) is 6.61 Å². The lowest BCUT2D eigenvalue weighted by molar-refractivity contribution is -0.384. The molecular weight excluding hydrogens is 363 g/mol. The summed E-state index contributed by atoms with van der Waals surface area (Å²) in [5, 5.41) is 22.2. The minimum Gasteiger partial charge on any atom is -0.396 e. The van der Waals surface area contributed by atoms with Gasteiger partial charge in [-0.1, -0.05) is 0 Å². The van der Waals surface area contributed by atoms with Gasteiger partial charge in [-0.25, -0.2) is 0 Å². The Balaban J connectivity index is 2.81. The molecule has 1 atom stereocenters. The van der Waals surface area contributed by atoms with Crippen molar-refractivity contribution < 1.29 is 14.8 Å². The number of halogens is 1. The first-order valence-corrected chi connectivity index (χ1v) is 6.89. The average molecular weight is 378 g/mol. The van der Waals surface area contributed by atoms with E-state index in [1.165, 1.54) is 12.1 Å². The first-order valence-electron chi connectivity index (χ1n) is 5.81. The minimum atomic E-state index is -0.526. The standard InChI is InChI=1S/C12H15IN2O4/c1-8(3-2-6-16)14-12(17)10-7-9(15(18)19)4-5-11(10)13/h4-5,7-8,16H,2-3,6H2,1H3,(H,14,17). The Kier molecular flexibility index (Phi) is 6.16. The molecule has 1 aromatic rings. The average Bonchev–Trinajstić information content (AvgIpc) is 2.36. The zero-order valence-corrected chi connectivity index (χ0v) is 12.6. The minimum absolute atomic E-state index is 0.0779. The number of aliphatic hydroxyl groups excluding tert-OH is 1. The van der Waals surface area contributed by atoms with Gasteiger partial charge in [-0.05, 0) is 48.4 Å². The molecule has 19 heavy (non-hydrogen) atoms. The van der Waals surface area contributed by atoms with Crippen molar-refractivity contribution in [1.82, 2.24) is 5.32 Å². The van der Waals surface area contributed by atoms with Crippen molar-refractivity contribution in [3.63, 3.8) is 0 Å². The molecule has 6 nitrogen and oxygen atoms in total. The van der Waals surface area contributed by atoms with Crippen LogP contribution in [0.4, 0.5) is 5.69 Å². The van der Waals surface area contributed by atoms with Gasteiger partial charge in [0.25, 0.3) is 11.6 Å². The summed E-state index contributed by atoms with van der Waals surface area (Å²) in [5.74, 6) is -0.335. The highest BCUT2D eigenvalue weighted by atomic mass is 127. The zero-order chi connectivity index (χ0) is 14.4. The molecule has 0 aliphatic carbocycles. The maximum atomic E-state index is 12.0. The van der Waals surface area contributed by atoms with E-state index in [0.29, 0.717) is 22.0 Å². The Labute approximate surface area is 124 Å². The monoisotopic (exact) mass is 378 g/mol. The molecule has 2 N–H and O–H groups in total. The van der Waals surface area contributed by atoms with Gasteiger partial charge in [-0.15, -0.1) is 0 Å². The molecule has 0 fully saturated rings. The van der Waals surface area contributed by atoms with Gasteiger partial charge in [0.05, 0.1) is 10.5 Å². The molecule has 0 saturated carbocycles. The van der Waals surface area contributed by atoms with Crippen LogP contribution in [0.3, 0.4) is 0 Å². The molecule has 7 heteroatoms. The number of aliphatic hydroxyl groups is 1. The first-order chi connectivity index (χ1) is 8.95. The molecule has 1 rings (SSSR count). The third-order valence-electron chi connectivity index (χ3n) is 2.58. The number of carbonyl (C=O) groups is 1. The summed E-state index contributed by atoms with van der Waals surface area (Å²) < 4.78 is 0.662. The second-order valence-electron chi connectivity index (χ2n) is 4.16. The third kappa shape index (κ3) is 4.75. The summed E-state index contributed by atoms with van der Waals surface area (Å²) >= 11 is 1.97. The first kappa shape index (κ1) is 15.8. The summed E-state index contributed by atoms with van der Waals surface area (Å²) in [4.78, 5) is 22.2. The predicted molar refractivity (Wildman–Crippen MR) is 79.1 cm³/mol. The maximum Gasteiger partial charge on any atom is 0.270 e. The van der Waals surface area contributed by atoms with Gasteiger partial charge in [0, 0.05) is 28.4 Å². The number of hydrogen-bond donors (Lipinski definition) is 2. The summed E-state index contributed by atoms with van der Waals surface area (Å²) in [7, 11) is 0. The summed E-state index contributed by atoms with van der Waals surface area (Å²) in [5.41, 5.74) is 0.194. The summed E-state index contributed by atoms with van der Waals surface area (Å²) in [6.45, 7) is 1.91. The molecule has 1 amide bonds. The van der Waals surface area contributed by atoms with Crippen molar-refractivity contribution in [2.45, 2.75) is 25.8 Å². The number of nitro benzene ring substituents is 1. The second-order valence-corrected chi connectivity index (χ2v) is 5.32. The molecule has 1 unspecified atom stereocenters. The predicted octanol–water partition coefficient (Wildman–Crippen LogP) is 2.09. The van der Waals surface area contributed by atoms with E-state index in [9.17, 15) is 14.9 Å². The van der Waals surface area contributed by atoms with Gasteiger partial charge >= 0.3 is 0 Å². The van der Waals surface area contributed by atoms with E-state index in [4.69, 9.17) is 5.11 Å². The number of amides is 1. The topological polar surface area (TPSA) is 92.5 Å². The number of carbonyl (C=O) groups excluding carboxylic acids is 1. The van der Waals surface area contributed by atoms with Crippen molar-refractivity contribution in [3.05, 3.63) is 37.4 Å². The molecule has 104 valence electrons. The quantitative estimate of drug-likeness (QED) is 0.451. The van der Waals surface area contributed by atoms with Crippen LogP contribution >= 0.6 is 22.6 Å². The van der Waals surface area contributed by atoms with Gasteiger partial charge in [0.15, 0.2) is 0 Å². The van der Waals surface area contributed by atoms with Gasteiger partial charge < -0.3 is 10.4 Å². The van der Waals surface area contributed by atoms with E-state index in [1.807, 2.05) is 29.5 Å². The largest absolute Gasteiger partial charge is 0.396 e. The molecule has 0 radical (unpaired) electrons. The number of nitro groups is 1. The van der Waals surface area contributed by atoms with Crippen LogP contribution in [0.5, 0.6) is 0 Å². The van der Waals surface area contributed by atoms with E-state index >= 15 is 0 Å². The van der Waals surface area contributed by atoms with Crippen molar-refractivity contribution in [3.8, 4) is 0 Å². The van der Waals surface area contributed by atoms with Crippen LogP contribution in [0.15, 0.2) is 18.2 Å². The molecule has 0 bridgehead atoms. The van der Waals surface area contributed by atoms with Crippen LogP contribution in [0.25, 0.3) is 0 Å². The fourth-order valence-electron chi connectivity index (χ4n) is 1.57. The lowest BCUT2D eigenvalue weighted by Gasteiger charge is -2.13. The van der Waals surface area contributed by atoms with Crippen molar-refractivity contribution in [2.24, 2.45) is 0 Å². The van der Waals surface area contributed by atoms with Crippen LogP contribution in [0, 0.1) is 13.7 Å². The van der Waals surface area contributed by atoms with Crippen LogP contribution in [0.1, 0.15) is 30.1 Å². The summed E-state index contributed by atoms with van der Waals surface area (Å²) in [6.07, 6.45) is 1.27. The normalized spacial score (nSPS) is 11.9. The SMILES string of the molecule is CC(CCCO)NC(=O)c1cc([N+](=O)[O-])ccc1I. The fourth-order valence-corrected chi connectivity index (χ4v) is 2.15. The molecule has 0 heterocycles. The highest BCUT2D eigenvalue weighted by Gasteiger charge is 2.16. The van der Waals surface area contributed by atoms with Gasteiger partial charge in [0.1, 0.15) is 0 Å². The van der Waals surface area contributed by atoms with Crippen LogP contribution in [-0.4, -0.2) is 28.6 Å². The van der Waals surface area contributed by atoms with Crippen molar-refractivity contribution in [1.29, 1.82) is 0 Å². The molecule has 0 aliphatic rings. The second kappa shape index (κ2) is 7.39. The Hall–Kier alpha value is -1.22. The van der Waals surface area contributed by atoms with Gasteiger partial charge in [0.2, 0.25) is 0 Å². The zero-order valence-electron chi connectivity index (χ0n) is 10.4. The van der Waals surface area contributed by atoms with Gasteiger partial charge in [-0.3, -0.25) is 14.9 Å². The lowest BCUT2D eigenvalue weighted by atomic mass is 10.1. The van der Waals surface area contributed by atoms with E-state index in [1.54, 1.807) is 6.07 Å². The van der Waals surface area contributed by atoms with E-state index in [2.05, 4.69) is 5.32 Å². The number of rotatable bonds is 6. The van der Waals surface area contributed by atoms with Gasteiger partial charge in [-0.2, -0.15) is 0 Å². The number of hydrogen-bond acceptors (Lipinski definition) is 4. The van der Waals surface area contributed by atoms with Crippen molar-refractivity contribution >= 4 is 34.2 Å². The highest BCUT2D eigenvalue weighted by Crippen LogP contribution is 2.19. The van der Waals surface area contributed by atoms with E-state index < -0.39 is 4.92 Å². The molecule has 1 aromatic carbocycles. The van der Waals surface area contributed by atoms with Crippen LogP contribution < -0.4 is 5.32 Å². The molecule has 0 spiro atoms. The number of benzene rings is 1. The lowest BCUT2D eigenvalue weighted by Crippen LogP contribution is -2.33. The molecular formula is C12H15IN2O4. The number of nitrogens with one attached hydrogen (secondary N) is 1. The van der Waals surface area contributed by atoms with E-state index in [-0.39, 0.29) is 24.2 Å². The Morgan fingerprint density at radius 3 is 2.84 bits per heavy atom. The Bertz CT molecular complexity index is 479. The number of non-ortho nitro benzene ring substituents is 1. The molecule has 0 saturated heterocycles. The smallest absolute Gasteiger partial charge is 0.270 e. The summed E-state index contributed by atoms with van der Waals surface area (Å²) in [6, 6.07) is 4.10. The molecule has 0 aromatic heterocycles. The van der Waals surface area contributed by atoms with E-state index in [0.717, 1.165) is 0 Å². The third-order valence-corrected chi connectivity index (χ3v) is 3.52. The Morgan fingerprint density at radius 1 is 1.58 bits per heavy atom. The van der Waals surface area contributed by atoms with Crippen LogP contribution in [-0.2, 0) is 0 Å². The number of nitrogens with zero attached hydrogens (tertiary/aromatic N) is 1. The van der Waals surface area contributed by atoms with Crippen LogP contribution in [0.2, 0.25) is 0 Å². The maximum absolute atomic E-state index is 12.0.